The third kappa shape index (κ3) is 3.23. The highest BCUT2D eigenvalue weighted by Crippen LogP contribution is 2.32. The molecule has 0 amide bonds. The lowest BCUT2D eigenvalue weighted by atomic mass is 10.1. The molecule has 20 heavy (non-hydrogen) atoms. The normalized spacial score (nSPS) is 26.3. The maximum Gasteiger partial charge on any atom is 0.351 e. The summed E-state index contributed by atoms with van der Waals surface area (Å²) in [5.74, 6) is 0.520. The molecule has 7 nitrogen and oxygen atoms in total. The first-order valence-corrected chi connectivity index (χ1v) is 6.57. The second-order valence-corrected chi connectivity index (χ2v) is 5.23. The van der Waals surface area contributed by atoms with Crippen molar-refractivity contribution in [3.8, 4) is 0 Å². The van der Waals surface area contributed by atoms with Crippen LogP contribution in [-0.4, -0.2) is 52.7 Å². The van der Waals surface area contributed by atoms with Gasteiger partial charge in [0.1, 0.15) is 6.23 Å². The van der Waals surface area contributed by atoms with Crippen LogP contribution in [0.5, 0.6) is 0 Å². The number of ether oxygens (including phenoxy) is 1. The van der Waals surface area contributed by atoms with Gasteiger partial charge in [-0.3, -0.25) is 4.57 Å². The van der Waals surface area contributed by atoms with Gasteiger partial charge in [-0.15, -0.1) is 0 Å². The van der Waals surface area contributed by atoms with Crippen LogP contribution in [0.2, 0.25) is 0 Å². The van der Waals surface area contributed by atoms with Crippen molar-refractivity contribution in [3.05, 3.63) is 22.7 Å². The molecule has 1 aliphatic rings. The molecular weight excluding hydrogens is 260 g/mol. The van der Waals surface area contributed by atoms with E-state index in [1.807, 2.05) is 21.0 Å². The molecule has 1 fully saturated rings. The molecular formula is C13H20N4O3. The second-order valence-electron chi connectivity index (χ2n) is 5.23. The van der Waals surface area contributed by atoms with E-state index in [9.17, 15) is 4.79 Å². The van der Waals surface area contributed by atoms with Gasteiger partial charge in [-0.2, -0.15) is 4.98 Å². The van der Waals surface area contributed by atoms with Crippen LogP contribution in [0.4, 0.5) is 5.82 Å². The van der Waals surface area contributed by atoms with Crippen LogP contribution in [0.1, 0.15) is 19.6 Å². The molecule has 3 atom stereocenters. The Morgan fingerprint density at radius 3 is 2.95 bits per heavy atom. The van der Waals surface area contributed by atoms with Gasteiger partial charge in [0.2, 0.25) is 0 Å². The summed E-state index contributed by atoms with van der Waals surface area (Å²) in [5, 5.41) is 9.13. The number of nitrogens with zero attached hydrogens (tertiary/aromatic N) is 4. The Hall–Kier alpha value is -1.73. The maximum atomic E-state index is 12.0. The summed E-state index contributed by atoms with van der Waals surface area (Å²) in [5.41, 5.74) is -0.395. The fraction of sp³-hybridized carbons (Fsp3) is 0.615. The summed E-state index contributed by atoms with van der Waals surface area (Å²) in [7, 11) is 3.68. The summed E-state index contributed by atoms with van der Waals surface area (Å²) in [6.07, 6.45) is 3.36. The van der Waals surface area contributed by atoms with Gasteiger partial charge < -0.3 is 14.7 Å². The standard InChI is InChI=1S/C13H20N4O3/c1-9-6-10(7-18)20-12(9)17-5-4-11(15-13(17)19)14-8-16(2)3/h4-5,8-10,12,18H,6-7H2,1-3H3/t9-,10-,12+/m0/s1. The van der Waals surface area contributed by atoms with Crippen molar-refractivity contribution in [1.82, 2.24) is 14.5 Å². The van der Waals surface area contributed by atoms with E-state index in [1.165, 1.54) is 4.57 Å². The minimum atomic E-state index is -0.395. The van der Waals surface area contributed by atoms with Gasteiger partial charge in [0.05, 0.1) is 19.0 Å². The third-order valence-electron chi connectivity index (χ3n) is 3.17. The van der Waals surface area contributed by atoms with E-state index in [-0.39, 0.29) is 24.9 Å². The number of hydrogen-bond donors (Lipinski definition) is 1. The van der Waals surface area contributed by atoms with Crippen molar-refractivity contribution in [3.63, 3.8) is 0 Å². The van der Waals surface area contributed by atoms with Crippen LogP contribution < -0.4 is 5.69 Å². The van der Waals surface area contributed by atoms with Gasteiger partial charge in [0.15, 0.2) is 5.82 Å². The number of aliphatic imine (C=N–C) groups is 1. The Morgan fingerprint density at radius 1 is 1.65 bits per heavy atom. The van der Waals surface area contributed by atoms with Crippen molar-refractivity contribution < 1.29 is 9.84 Å². The van der Waals surface area contributed by atoms with E-state index in [2.05, 4.69) is 9.98 Å². The SMILES string of the molecule is C[C@H]1C[C@@H](CO)O[C@H]1n1ccc(N=CN(C)C)nc1=O. The number of aromatic nitrogens is 2. The fourth-order valence-corrected chi connectivity index (χ4v) is 2.22. The molecule has 1 aromatic heterocycles. The minimum Gasteiger partial charge on any atom is -0.394 e. The quantitative estimate of drug-likeness (QED) is 0.637. The van der Waals surface area contributed by atoms with Crippen LogP contribution in [0.15, 0.2) is 22.1 Å². The van der Waals surface area contributed by atoms with Gasteiger partial charge in [-0.25, -0.2) is 9.79 Å². The third-order valence-corrected chi connectivity index (χ3v) is 3.17. The van der Waals surface area contributed by atoms with Gasteiger partial charge in [0, 0.05) is 26.2 Å². The zero-order valence-corrected chi connectivity index (χ0v) is 11.9. The number of aliphatic hydroxyl groups excluding tert-OH is 1. The highest BCUT2D eigenvalue weighted by atomic mass is 16.5. The summed E-state index contributed by atoms with van der Waals surface area (Å²) in [6.45, 7) is 1.96. The molecule has 0 saturated carbocycles. The topological polar surface area (TPSA) is 80.0 Å². The van der Waals surface area contributed by atoms with E-state index in [1.54, 1.807) is 23.5 Å². The summed E-state index contributed by atoms with van der Waals surface area (Å²) >= 11 is 0. The zero-order chi connectivity index (χ0) is 14.7. The Balaban J connectivity index is 2.20. The molecule has 1 saturated heterocycles. The molecule has 110 valence electrons. The van der Waals surface area contributed by atoms with Crippen molar-refractivity contribution in [2.45, 2.75) is 25.7 Å². The summed E-state index contributed by atoms with van der Waals surface area (Å²) in [6, 6.07) is 1.67. The smallest absolute Gasteiger partial charge is 0.351 e. The van der Waals surface area contributed by atoms with Gasteiger partial charge in [0.25, 0.3) is 0 Å². The number of rotatable bonds is 4. The highest BCUT2D eigenvalue weighted by Gasteiger charge is 2.33. The molecule has 0 unspecified atom stereocenters. The predicted octanol–water partition coefficient (Wildman–Crippen LogP) is 0.381. The van der Waals surface area contributed by atoms with Crippen LogP contribution in [-0.2, 0) is 4.74 Å². The Bertz CT molecular complexity index is 541. The lowest BCUT2D eigenvalue weighted by Crippen LogP contribution is -2.29. The molecule has 0 aliphatic carbocycles. The fourth-order valence-electron chi connectivity index (χ4n) is 2.22. The van der Waals surface area contributed by atoms with E-state index in [4.69, 9.17) is 9.84 Å². The predicted molar refractivity (Wildman–Crippen MR) is 75.1 cm³/mol. The molecule has 2 rings (SSSR count). The molecule has 0 radical (unpaired) electrons. The van der Waals surface area contributed by atoms with Crippen molar-refractivity contribution >= 4 is 12.2 Å². The minimum absolute atomic E-state index is 0.0335. The molecule has 0 spiro atoms. The van der Waals surface area contributed by atoms with Crippen LogP contribution in [0, 0.1) is 5.92 Å². The zero-order valence-electron chi connectivity index (χ0n) is 11.9. The lowest BCUT2D eigenvalue weighted by molar-refractivity contribution is -0.0335. The second kappa shape index (κ2) is 6.15. The van der Waals surface area contributed by atoms with E-state index in [0.29, 0.717) is 5.82 Å². The van der Waals surface area contributed by atoms with E-state index in [0.717, 1.165) is 6.42 Å². The van der Waals surface area contributed by atoms with Crippen molar-refractivity contribution in [2.24, 2.45) is 10.9 Å². The molecule has 1 aliphatic heterocycles. The highest BCUT2D eigenvalue weighted by molar-refractivity contribution is 5.58. The van der Waals surface area contributed by atoms with Crippen molar-refractivity contribution in [1.29, 1.82) is 0 Å². The average Bonchev–Trinajstić information content (AvgIpc) is 2.78. The summed E-state index contributed by atoms with van der Waals surface area (Å²) in [4.78, 5) is 21.8. The van der Waals surface area contributed by atoms with Crippen molar-refractivity contribution in [2.75, 3.05) is 20.7 Å². The number of aliphatic hydroxyl groups is 1. The van der Waals surface area contributed by atoms with E-state index < -0.39 is 5.69 Å². The first kappa shape index (κ1) is 14.7. The maximum absolute atomic E-state index is 12.0. The number of hydrogen-bond acceptors (Lipinski definition) is 5. The van der Waals surface area contributed by atoms with Gasteiger partial charge in [-0.05, 0) is 12.5 Å². The molecule has 0 bridgehead atoms. The summed E-state index contributed by atoms with van der Waals surface area (Å²) < 4.78 is 7.11. The first-order valence-electron chi connectivity index (χ1n) is 6.57. The largest absolute Gasteiger partial charge is 0.394 e. The van der Waals surface area contributed by atoms with E-state index >= 15 is 0 Å². The molecule has 0 aromatic carbocycles. The van der Waals surface area contributed by atoms with Gasteiger partial charge >= 0.3 is 5.69 Å². The molecule has 1 aromatic rings. The average molecular weight is 280 g/mol. The molecule has 7 heteroatoms. The Kier molecular flexibility index (Phi) is 4.51. The molecule has 1 N–H and O–H groups in total. The lowest BCUT2D eigenvalue weighted by Gasteiger charge is -2.17. The molecule has 2 heterocycles. The first-order chi connectivity index (χ1) is 9.51. The monoisotopic (exact) mass is 280 g/mol. The Labute approximate surface area is 117 Å². The van der Waals surface area contributed by atoms with Crippen LogP contribution >= 0.6 is 0 Å². The van der Waals surface area contributed by atoms with Crippen LogP contribution in [0.25, 0.3) is 0 Å². The Morgan fingerprint density at radius 2 is 2.40 bits per heavy atom. The van der Waals surface area contributed by atoms with Crippen LogP contribution in [0.3, 0.4) is 0 Å². The van der Waals surface area contributed by atoms with Gasteiger partial charge in [-0.1, -0.05) is 6.92 Å².